The molecule has 0 radical (unpaired) electrons. The molecule has 2 aromatic carbocycles. The molecule has 2 heterocycles. The van der Waals surface area contributed by atoms with Crippen LogP contribution in [0.4, 0.5) is 24.7 Å². The average molecular weight is 356 g/mol. The van der Waals surface area contributed by atoms with E-state index in [9.17, 15) is 13.2 Å². The fourth-order valence-corrected chi connectivity index (χ4v) is 2.50. The Bertz CT molecular complexity index is 1040. The lowest BCUT2D eigenvalue weighted by Crippen LogP contribution is -2.05. The molecule has 9 heteroatoms. The molecule has 130 valence electrons. The second-order valence-corrected chi connectivity index (χ2v) is 5.47. The highest BCUT2D eigenvalue weighted by Gasteiger charge is 2.30. The smallest absolute Gasteiger partial charge is 0.338 e. The van der Waals surface area contributed by atoms with Crippen molar-refractivity contribution in [3.05, 3.63) is 66.4 Å². The lowest BCUT2D eigenvalue weighted by Gasteiger charge is -2.09. The number of fused-ring (bicyclic) bond motifs is 1. The molecule has 26 heavy (non-hydrogen) atoms. The predicted octanol–water partition coefficient (Wildman–Crippen LogP) is 3.97. The summed E-state index contributed by atoms with van der Waals surface area (Å²) in [6.45, 7) is 0. The van der Waals surface area contributed by atoms with Gasteiger partial charge in [-0.05, 0) is 41.6 Å². The van der Waals surface area contributed by atoms with Gasteiger partial charge >= 0.3 is 6.18 Å². The normalized spacial score (nSPS) is 11.7. The van der Waals surface area contributed by atoms with Crippen molar-refractivity contribution in [3.8, 4) is 5.69 Å². The number of nitrogens with one attached hydrogen (secondary N) is 1. The number of hydrogen-bond acceptors (Lipinski definition) is 5. The summed E-state index contributed by atoms with van der Waals surface area (Å²) in [6, 6.07) is 14.0. The van der Waals surface area contributed by atoms with E-state index < -0.39 is 11.7 Å². The molecule has 0 atom stereocenters. The second-order valence-electron chi connectivity index (χ2n) is 5.47. The van der Waals surface area contributed by atoms with E-state index in [4.69, 9.17) is 0 Å². The number of benzene rings is 2. The third kappa shape index (κ3) is 2.94. The van der Waals surface area contributed by atoms with E-state index in [0.717, 1.165) is 17.8 Å². The molecule has 4 aromatic rings. The van der Waals surface area contributed by atoms with Gasteiger partial charge in [0, 0.05) is 5.69 Å². The lowest BCUT2D eigenvalue weighted by molar-refractivity contribution is -0.137. The number of nitrogens with zero attached hydrogens (tertiary/aromatic N) is 5. The largest absolute Gasteiger partial charge is 0.416 e. The summed E-state index contributed by atoms with van der Waals surface area (Å²) in [7, 11) is 0. The quantitative estimate of drug-likeness (QED) is 0.601. The van der Waals surface area contributed by atoms with E-state index in [1.165, 1.54) is 12.1 Å². The first-order valence-electron chi connectivity index (χ1n) is 7.59. The summed E-state index contributed by atoms with van der Waals surface area (Å²) in [6.07, 6.45) is -2.80. The van der Waals surface area contributed by atoms with Crippen LogP contribution in [0.5, 0.6) is 0 Å². The number of para-hydroxylation sites is 1. The Kier molecular flexibility index (Phi) is 3.76. The highest BCUT2D eigenvalue weighted by atomic mass is 19.4. The van der Waals surface area contributed by atoms with Crippen LogP contribution in [0.15, 0.2) is 60.8 Å². The van der Waals surface area contributed by atoms with Crippen LogP contribution in [0.1, 0.15) is 5.56 Å². The minimum absolute atomic E-state index is 0.358. The standard InChI is InChI=1S/C17H11F3N6/c18-17(19,20)11-6-8-12(9-7-11)22-15-14-10-21-26(16(14)24-25-23-15)13-4-2-1-3-5-13/h1-10H,(H,22,23,24). The molecule has 1 N–H and O–H groups in total. The van der Waals surface area contributed by atoms with E-state index in [1.54, 1.807) is 10.9 Å². The Morgan fingerprint density at radius 2 is 1.62 bits per heavy atom. The number of aromatic nitrogens is 5. The Morgan fingerprint density at radius 3 is 2.31 bits per heavy atom. The molecule has 0 aliphatic rings. The second kappa shape index (κ2) is 6.10. The minimum Gasteiger partial charge on any atom is -0.338 e. The van der Waals surface area contributed by atoms with Gasteiger partial charge in [-0.2, -0.15) is 18.3 Å². The van der Waals surface area contributed by atoms with E-state index >= 15 is 0 Å². The van der Waals surface area contributed by atoms with Crippen LogP contribution in [0.2, 0.25) is 0 Å². The van der Waals surface area contributed by atoms with Crippen LogP contribution in [0, 0.1) is 0 Å². The van der Waals surface area contributed by atoms with E-state index in [0.29, 0.717) is 22.5 Å². The van der Waals surface area contributed by atoms with Crippen molar-refractivity contribution in [2.75, 3.05) is 5.32 Å². The van der Waals surface area contributed by atoms with Crippen molar-refractivity contribution in [3.63, 3.8) is 0 Å². The van der Waals surface area contributed by atoms with Crippen LogP contribution in [-0.2, 0) is 6.18 Å². The maximum Gasteiger partial charge on any atom is 0.416 e. The lowest BCUT2D eigenvalue weighted by atomic mass is 10.2. The van der Waals surface area contributed by atoms with Gasteiger partial charge in [0.2, 0.25) is 0 Å². The molecule has 0 amide bonds. The molecule has 0 aliphatic heterocycles. The molecule has 0 spiro atoms. The molecule has 0 saturated heterocycles. The van der Waals surface area contributed by atoms with Crippen LogP contribution >= 0.6 is 0 Å². The molecule has 0 aliphatic carbocycles. The molecular weight excluding hydrogens is 345 g/mol. The number of alkyl halides is 3. The fourth-order valence-electron chi connectivity index (χ4n) is 2.50. The van der Waals surface area contributed by atoms with Crippen molar-refractivity contribution >= 4 is 22.5 Å². The third-order valence-corrected chi connectivity index (χ3v) is 3.76. The van der Waals surface area contributed by atoms with E-state index in [-0.39, 0.29) is 0 Å². The predicted molar refractivity (Wildman–Crippen MR) is 89.2 cm³/mol. The number of rotatable bonds is 3. The first kappa shape index (κ1) is 16.0. The van der Waals surface area contributed by atoms with Crippen molar-refractivity contribution < 1.29 is 13.2 Å². The molecule has 0 bridgehead atoms. The monoisotopic (exact) mass is 356 g/mol. The molecule has 4 rings (SSSR count). The zero-order valence-corrected chi connectivity index (χ0v) is 13.1. The Labute approximate surface area is 145 Å². The first-order chi connectivity index (χ1) is 12.5. The summed E-state index contributed by atoms with van der Waals surface area (Å²) in [5, 5.41) is 19.5. The van der Waals surface area contributed by atoms with Gasteiger partial charge in [0.05, 0.1) is 22.8 Å². The first-order valence-corrected chi connectivity index (χ1v) is 7.59. The van der Waals surface area contributed by atoms with Crippen LogP contribution in [0.25, 0.3) is 16.7 Å². The van der Waals surface area contributed by atoms with Gasteiger partial charge in [-0.1, -0.05) is 18.2 Å². The van der Waals surface area contributed by atoms with Gasteiger partial charge in [-0.25, -0.2) is 4.68 Å². The highest BCUT2D eigenvalue weighted by molar-refractivity contribution is 5.88. The van der Waals surface area contributed by atoms with Gasteiger partial charge in [-0.3, -0.25) is 0 Å². The highest BCUT2D eigenvalue weighted by Crippen LogP contribution is 2.31. The van der Waals surface area contributed by atoms with Gasteiger partial charge in [0.15, 0.2) is 11.5 Å². The Balaban J connectivity index is 1.69. The summed E-state index contributed by atoms with van der Waals surface area (Å²) < 4.78 is 39.6. The SMILES string of the molecule is FC(F)(F)c1ccc(Nc2nnnc3c2cnn3-c2ccccc2)cc1. The Hall–Kier alpha value is -3.49. The maximum atomic E-state index is 12.7. The van der Waals surface area contributed by atoms with Crippen LogP contribution in [-0.4, -0.2) is 25.2 Å². The van der Waals surface area contributed by atoms with Gasteiger partial charge in [0.25, 0.3) is 0 Å². The zero-order chi connectivity index (χ0) is 18.1. The van der Waals surface area contributed by atoms with Crippen molar-refractivity contribution in [1.82, 2.24) is 25.2 Å². The minimum atomic E-state index is -4.38. The molecular formula is C17H11F3N6. The molecule has 0 saturated carbocycles. The topological polar surface area (TPSA) is 68.5 Å². The molecule has 6 nitrogen and oxygen atoms in total. The fraction of sp³-hybridized carbons (Fsp3) is 0.0588. The van der Waals surface area contributed by atoms with Gasteiger partial charge < -0.3 is 5.32 Å². The summed E-state index contributed by atoms with van der Waals surface area (Å²) >= 11 is 0. The van der Waals surface area contributed by atoms with E-state index in [2.05, 4.69) is 25.8 Å². The molecule has 0 unspecified atom stereocenters. The van der Waals surface area contributed by atoms with Crippen LogP contribution < -0.4 is 5.32 Å². The van der Waals surface area contributed by atoms with Gasteiger partial charge in [-0.15, -0.1) is 10.2 Å². The average Bonchev–Trinajstić information content (AvgIpc) is 3.07. The van der Waals surface area contributed by atoms with Crippen molar-refractivity contribution in [2.24, 2.45) is 0 Å². The molecule has 2 aromatic heterocycles. The zero-order valence-electron chi connectivity index (χ0n) is 13.1. The third-order valence-electron chi connectivity index (χ3n) is 3.76. The van der Waals surface area contributed by atoms with Crippen molar-refractivity contribution in [1.29, 1.82) is 0 Å². The number of halogens is 3. The van der Waals surface area contributed by atoms with Crippen LogP contribution in [0.3, 0.4) is 0 Å². The summed E-state index contributed by atoms with van der Waals surface area (Å²) in [5.74, 6) is 0.358. The Morgan fingerprint density at radius 1 is 0.885 bits per heavy atom. The maximum absolute atomic E-state index is 12.7. The molecule has 0 fully saturated rings. The number of hydrogen-bond donors (Lipinski definition) is 1. The number of anilines is 2. The summed E-state index contributed by atoms with van der Waals surface area (Å²) in [5.41, 5.74) is 1.03. The van der Waals surface area contributed by atoms with Gasteiger partial charge in [0.1, 0.15) is 0 Å². The summed E-state index contributed by atoms with van der Waals surface area (Å²) in [4.78, 5) is 0. The van der Waals surface area contributed by atoms with Crippen molar-refractivity contribution in [2.45, 2.75) is 6.18 Å². The van der Waals surface area contributed by atoms with E-state index in [1.807, 2.05) is 30.3 Å².